The van der Waals surface area contributed by atoms with Gasteiger partial charge in [0.2, 0.25) is 0 Å². The molecule has 1 saturated carbocycles. The third kappa shape index (κ3) is 4.21. The first-order valence-corrected chi connectivity index (χ1v) is 9.21. The Morgan fingerprint density at radius 1 is 1.20 bits per heavy atom. The molecule has 0 bridgehead atoms. The van der Waals surface area contributed by atoms with E-state index >= 15 is 0 Å². The molecule has 3 rings (SSSR count). The highest BCUT2D eigenvalue weighted by Crippen LogP contribution is 2.19. The summed E-state index contributed by atoms with van der Waals surface area (Å²) in [7, 11) is 0. The van der Waals surface area contributed by atoms with Crippen molar-refractivity contribution in [3.05, 3.63) is 45.2 Å². The number of aromatic amines is 1. The topological polar surface area (TPSA) is 74.0 Å². The van der Waals surface area contributed by atoms with E-state index in [1.807, 2.05) is 26.0 Å². The SMILES string of the molecule is Cc1ccc2cc(CCNC(=O)NC3CCCCC3)c(=O)[nH]c2c1C. The molecular weight excluding hydrogens is 314 g/mol. The largest absolute Gasteiger partial charge is 0.338 e. The minimum Gasteiger partial charge on any atom is -0.338 e. The number of pyridine rings is 1. The van der Waals surface area contributed by atoms with Gasteiger partial charge in [-0.25, -0.2) is 4.79 Å². The molecule has 0 unspecified atom stereocenters. The van der Waals surface area contributed by atoms with Crippen molar-refractivity contribution in [3.63, 3.8) is 0 Å². The van der Waals surface area contributed by atoms with Gasteiger partial charge in [0.15, 0.2) is 0 Å². The van der Waals surface area contributed by atoms with Crippen LogP contribution in [0.3, 0.4) is 0 Å². The van der Waals surface area contributed by atoms with Crippen LogP contribution in [0.4, 0.5) is 4.79 Å². The maximum absolute atomic E-state index is 12.3. The summed E-state index contributed by atoms with van der Waals surface area (Å²) in [5.41, 5.74) is 3.80. The fourth-order valence-corrected chi connectivity index (χ4v) is 3.55. The number of amides is 2. The zero-order chi connectivity index (χ0) is 17.8. The molecule has 1 fully saturated rings. The Hall–Kier alpha value is -2.30. The smallest absolute Gasteiger partial charge is 0.315 e. The van der Waals surface area contributed by atoms with Gasteiger partial charge in [-0.3, -0.25) is 4.79 Å². The van der Waals surface area contributed by atoms with E-state index in [4.69, 9.17) is 0 Å². The number of H-pyrrole nitrogens is 1. The van der Waals surface area contributed by atoms with Crippen molar-refractivity contribution in [1.29, 1.82) is 0 Å². The lowest BCUT2D eigenvalue weighted by Crippen LogP contribution is -2.43. The van der Waals surface area contributed by atoms with Gasteiger partial charge in [0, 0.05) is 18.2 Å². The Morgan fingerprint density at radius 3 is 2.72 bits per heavy atom. The lowest BCUT2D eigenvalue weighted by molar-refractivity contribution is 0.233. The highest BCUT2D eigenvalue weighted by atomic mass is 16.2. The maximum Gasteiger partial charge on any atom is 0.315 e. The molecule has 0 saturated heterocycles. The Kier molecular flexibility index (Phi) is 5.41. The summed E-state index contributed by atoms with van der Waals surface area (Å²) in [6, 6.07) is 6.19. The molecule has 134 valence electrons. The molecule has 3 N–H and O–H groups in total. The summed E-state index contributed by atoms with van der Waals surface area (Å²) < 4.78 is 0. The van der Waals surface area contributed by atoms with Crippen molar-refractivity contribution >= 4 is 16.9 Å². The van der Waals surface area contributed by atoms with Crippen LogP contribution in [0, 0.1) is 13.8 Å². The van der Waals surface area contributed by atoms with Gasteiger partial charge in [0.05, 0.1) is 5.52 Å². The fourth-order valence-electron chi connectivity index (χ4n) is 3.55. The number of carbonyl (C=O) groups is 1. The van der Waals surface area contributed by atoms with Crippen LogP contribution in [-0.4, -0.2) is 23.6 Å². The minimum absolute atomic E-state index is 0.0734. The van der Waals surface area contributed by atoms with Crippen LogP contribution in [0.1, 0.15) is 48.8 Å². The van der Waals surface area contributed by atoms with Gasteiger partial charge in [-0.05, 0) is 55.7 Å². The number of aryl methyl sites for hydroxylation is 2. The summed E-state index contributed by atoms with van der Waals surface area (Å²) in [5.74, 6) is 0. The average molecular weight is 341 g/mol. The third-order valence-electron chi connectivity index (χ3n) is 5.25. The van der Waals surface area contributed by atoms with Gasteiger partial charge in [-0.2, -0.15) is 0 Å². The summed E-state index contributed by atoms with van der Waals surface area (Å²) in [4.78, 5) is 27.3. The van der Waals surface area contributed by atoms with Gasteiger partial charge >= 0.3 is 6.03 Å². The number of benzene rings is 1. The number of urea groups is 1. The molecule has 5 heteroatoms. The summed E-state index contributed by atoms with van der Waals surface area (Å²) in [6.45, 7) is 4.51. The van der Waals surface area contributed by atoms with Crippen LogP contribution in [0.25, 0.3) is 10.9 Å². The van der Waals surface area contributed by atoms with E-state index in [0.29, 0.717) is 24.6 Å². The number of hydrogen-bond donors (Lipinski definition) is 3. The van der Waals surface area contributed by atoms with Crippen molar-refractivity contribution in [2.45, 2.75) is 58.4 Å². The highest BCUT2D eigenvalue weighted by molar-refractivity contribution is 5.83. The van der Waals surface area contributed by atoms with Crippen LogP contribution in [-0.2, 0) is 6.42 Å². The minimum atomic E-state index is -0.129. The van der Waals surface area contributed by atoms with E-state index in [1.54, 1.807) is 0 Å². The van der Waals surface area contributed by atoms with Crippen molar-refractivity contribution in [3.8, 4) is 0 Å². The van der Waals surface area contributed by atoms with E-state index in [0.717, 1.165) is 34.9 Å². The quantitative estimate of drug-likeness (QED) is 0.798. The van der Waals surface area contributed by atoms with E-state index in [9.17, 15) is 9.59 Å². The van der Waals surface area contributed by atoms with Crippen LogP contribution in [0.5, 0.6) is 0 Å². The maximum atomic E-state index is 12.3. The van der Waals surface area contributed by atoms with Crippen molar-refractivity contribution in [2.75, 3.05) is 6.54 Å². The van der Waals surface area contributed by atoms with Gasteiger partial charge in [0.1, 0.15) is 0 Å². The van der Waals surface area contributed by atoms with Crippen molar-refractivity contribution in [1.82, 2.24) is 15.6 Å². The molecule has 1 aliphatic carbocycles. The molecule has 0 aliphatic heterocycles. The number of rotatable bonds is 4. The molecule has 25 heavy (non-hydrogen) atoms. The standard InChI is InChI=1S/C20H27N3O2/c1-13-8-9-15-12-16(19(24)23-18(15)14(13)2)10-11-21-20(25)22-17-6-4-3-5-7-17/h8-9,12,17H,3-7,10-11H2,1-2H3,(H,23,24)(H2,21,22,25). The lowest BCUT2D eigenvalue weighted by atomic mass is 9.96. The number of fused-ring (bicyclic) bond motifs is 1. The first-order chi connectivity index (χ1) is 12.0. The van der Waals surface area contributed by atoms with E-state index in [1.165, 1.54) is 19.3 Å². The second-order valence-electron chi connectivity index (χ2n) is 7.08. The average Bonchev–Trinajstić information content (AvgIpc) is 2.60. The molecule has 5 nitrogen and oxygen atoms in total. The highest BCUT2D eigenvalue weighted by Gasteiger charge is 2.15. The van der Waals surface area contributed by atoms with Gasteiger partial charge < -0.3 is 15.6 Å². The van der Waals surface area contributed by atoms with Crippen LogP contribution in [0.15, 0.2) is 23.0 Å². The Morgan fingerprint density at radius 2 is 1.96 bits per heavy atom. The van der Waals surface area contributed by atoms with Gasteiger partial charge in [0.25, 0.3) is 5.56 Å². The van der Waals surface area contributed by atoms with Crippen LogP contribution < -0.4 is 16.2 Å². The van der Waals surface area contributed by atoms with E-state index in [-0.39, 0.29) is 11.6 Å². The molecule has 2 amide bonds. The van der Waals surface area contributed by atoms with Crippen molar-refractivity contribution in [2.24, 2.45) is 0 Å². The molecule has 0 radical (unpaired) electrons. The molecule has 1 aromatic carbocycles. The first-order valence-electron chi connectivity index (χ1n) is 9.21. The Labute approximate surface area is 148 Å². The molecule has 1 aliphatic rings. The van der Waals surface area contributed by atoms with Crippen molar-refractivity contribution < 1.29 is 4.79 Å². The van der Waals surface area contributed by atoms with Crippen LogP contribution in [0.2, 0.25) is 0 Å². The predicted molar refractivity (Wildman–Crippen MR) is 101 cm³/mol. The van der Waals surface area contributed by atoms with Crippen LogP contribution >= 0.6 is 0 Å². The Balaban J connectivity index is 1.59. The summed E-state index contributed by atoms with van der Waals surface area (Å²) in [6.07, 6.45) is 6.31. The molecular formula is C20H27N3O2. The van der Waals surface area contributed by atoms with Gasteiger partial charge in [-0.1, -0.05) is 31.4 Å². The number of nitrogens with one attached hydrogen (secondary N) is 3. The second kappa shape index (κ2) is 7.72. The molecule has 0 spiro atoms. The van der Waals surface area contributed by atoms with E-state index < -0.39 is 0 Å². The van der Waals surface area contributed by atoms with Gasteiger partial charge in [-0.15, -0.1) is 0 Å². The first kappa shape index (κ1) is 17.5. The molecule has 0 atom stereocenters. The lowest BCUT2D eigenvalue weighted by Gasteiger charge is -2.22. The Bertz CT molecular complexity index is 820. The third-order valence-corrected chi connectivity index (χ3v) is 5.25. The van der Waals surface area contributed by atoms with E-state index in [2.05, 4.69) is 21.7 Å². The zero-order valence-electron chi connectivity index (χ0n) is 15.1. The second-order valence-corrected chi connectivity index (χ2v) is 7.08. The zero-order valence-corrected chi connectivity index (χ0v) is 15.1. The number of carbonyl (C=O) groups excluding carboxylic acids is 1. The monoisotopic (exact) mass is 341 g/mol. The summed E-state index contributed by atoms with van der Waals surface area (Å²) in [5, 5.41) is 6.93. The summed E-state index contributed by atoms with van der Waals surface area (Å²) >= 11 is 0. The normalized spacial score (nSPS) is 15.3. The molecule has 1 heterocycles. The fraction of sp³-hybridized carbons (Fsp3) is 0.500. The predicted octanol–water partition coefficient (Wildman–Crippen LogP) is 3.32. The molecule has 2 aromatic rings. The number of aromatic nitrogens is 1. The molecule has 1 aromatic heterocycles. The number of hydrogen-bond acceptors (Lipinski definition) is 2.